The predicted octanol–water partition coefficient (Wildman–Crippen LogP) is 0.228. The van der Waals surface area contributed by atoms with Crippen LogP contribution in [-0.4, -0.2) is 65.1 Å². The first-order chi connectivity index (χ1) is 11.6. The summed E-state index contributed by atoms with van der Waals surface area (Å²) in [5, 5.41) is 10.9. The number of hydrogen-bond donors (Lipinski definition) is 1. The van der Waals surface area contributed by atoms with Crippen molar-refractivity contribution in [1.29, 1.82) is 0 Å². The maximum absolute atomic E-state index is 12.8. The van der Waals surface area contributed by atoms with E-state index < -0.39 is 5.41 Å². The van der Waals surface area contributed by atoms with Gasteiger partial charge in [-0.1, -0.05) is 5.21 Å². The highest BCUT2D eigenvalue weighted by atomic mass is 16.5. The van der Waals surface area contributed by atoms with Crippen LogP contribution in [0.25, 0.3) is 0 Å². The maximum Gasteiger partial charge on any atom is 0.276 e. The molecular weight excluding hydrogens is 310 g/mol. The fourth-order valence-corrected chi connectivity index (χ4v) is 4.09. The van der Waals surface area contributed by atoms with Gasteiger partial charge in [0.2, 0.25) is 5.91 Å². The minimum Gasteiger partial charge on any atom is -0.381 e. The van der Waals surface area contributed by atoms with Gasteiger partial charge in [0.05, 0.1) is 24.3 Å². The minimum absolute atomic E-state index is 0.00391. The smallest absolute Gasteiger partial charge is 0.276 e. The SMILES string of the molecule is CNC(=O)[C@]12CCOC[C@H]1CN(C(=O)c1cn(C3CCC3)nn1)C2. The average molecular weight is 333 g/mol. The molecule has 0 aromatic carbocycles. The van der Waals surface area contributed by atoms with E-state index in [0.29, 0.717) is 44.5 Å². The van der Waals surface area contributed by atoms with Crippen LogP contribution in [-0.2, 0) is 9.53 Å². The van der Waals surface area contributed by atoms with E-state index >= 15 is 0 Å². The Bertz CT molecular complexity index is 656. The number of hydrogen-bond acceptors (Lipinski definition) is 5. The third-order valence-electron chi connectivity index (χ3n) is 5.85. The van der Waals surface area contributed by atoms with Gasteiger partial charge in [-0.25, -0.2) is 4.68 Å². The van der Waals surface area contributed by atoms with E-state index in [9.17, 15) is 9.59 Å². The molecule has 130 valence electrons. The topological polar surface area (TPSA) is 89.4 Å². The fraction of sp³-hybridized carbons (Fsp3) is 0.750. The van der Waals surface area contributed by atoms with Crippen molar-refractivity contribution in [3.63, 3.8) is 0 Å². The second-order valence-electron chi connectivity index (χ2n) is 7.11. The zero-order chi connectivity index (χ0) is 16.7. The third kappa shape index (κ3) is 2.31. The standard InChI is InChI=1S/C16H23N5O3/c1-17-15(23)16-5-6-24-9-11(16)7-20(10-16)14(22)13-8-21(19-18-13)12-3-2-4-12/h8,11-12H,2-7,9-10H2,1H3,(H,17,23)/t11-,16+/m1/s1. The average Bonchev–Trinajstić information content (AvgIpc) is 3.17. The Morgan fingerprint density at radius 1 is 1.42 bits per heavy atom. The van der Waals surface area contributed by atoms with Gasteiger partial charge < -0.3 is 15.0 Å². The zero-order valence-corrected chi connectivity index (χ0v) is 13.9. The summed E-state index contributed by atoms with van der Waals surface area (Å²) >= 11 is 0. The van der Waals surface area contributed by atoms with Crippen LogP contribution in [0.15, 0.2) is 6.20 Å². The Balaban J connectivity index is 1.53. The molecule has 2 amide bonds. The number of rotatable bonds is 3. The predicted molar refractivity (Wildman–Crippen MR) is 84.2 cm³/mol. The van der Waals surface area contributed by atoms with Crippen LogP contribution in [0.4, 0.5) is 0 Å². The Morgan fingerprint density at radius 3 is 2.96 bits per heavy atom. The Morgan fingerprint density at radius 2 is 2.25 bits per heavy atom. The third-order valence-corrected chi connectivity index (χ3v) is 5.85. The van der Waals surface area contributed by atoms with Gasteiger partial charge in [0, 0.05) is 32.7 Å². The molecule has 1 N–H and O–H groups in total. The molecule has 1 aromatic heterocycles. The van der Waals surface area contributed by atoms with Crippen molar-refractivity contribution in [3.05, 3.63) is 11.9 Å². The highest BCUT2D eigenvalue weighted by Crippen LogP contribution is 2.42. The number of ether oxygens (including phenoxy) is 1. The molecule has 4 rings (SSSR count). The lowest BCUT2D eigenvalue weighted by atomic mass is 9.73. The molecule has 1 aromatic rings. The Labute approximate surface area is 140 Å². The number of nitrogens with zero attached hydrogens (tertiary/aromatic N) is 4. The number of likely N-dealkylation sites (tertiary alicyclic amines) is 1. The lowest BCUT2D eigenvalue weighted by Crippen LogP contribution is -2.49. The van der Waals surface area contributed by atoms with Crippen molar-refractivity contribution in [2.45, 2.75) is 31.7 Å². The van der Waals surface area contributed by atoms with Crippen LogP contribution in [0.3, 0.4) is 0 Å². The van der Waals surface area contributed by atoms with Crippen molar-refractivity contribution in [1.82, 2.24) is 25.2 Å². The number of aromatic nitrogens is 3. The van der Waals surface area contributed by atoms with Crippen LogP contribution < -0.4 is 5.32 Å². The lowest BCUT2D eigenvalue weighted by molar-refractivity contribution is -0.138. The van der Waals surface area contributed by atoms with E-state index in [0.717, 1.165) is 12.8 Å². The molecule has 8 nitrogen and oxygen atoms in total. The second kappa shape index (κ2) is 5.84. The molecule has 3 fully saturated rings. The van der Waals surface area contributed by atoms with E-state index in [1.165, 1.54) is 6.42 Å². The van der Waals surface area contributed by atoms with Gasteiger partial charge in [0.25, 0.3) is 5.91 Å². The number of carbonyl (C=O) groups excluding carboxylic acids is 2. The summed E-state index contributed by atoms with van der Waals surface area (Å²) in [4.78, 5) is 27.0. The van der Waals surface area contributed by atoms with Gasteiger partial charge in [0.15, 0.2) is 5.69 Å². The van der Waals surface area contributed by atoms with E-state index in [2.05, 4.69) is 15.6 Å². The van der Waals surface area contributed by atoms with E-state index in [1.54, 1.807) is 22.8 Å². The van der Waals surface area contributed by atoms with E-state index in [4.69, 9.17) is 4.74 Å². The molecule has 2 saturated heterocycles. The monoisotopic (exact) mass is 333 g/mol. The number of fused-ring (bicyclic) bond motifs is 1. The van der Waals surface area contributed by atoms with Crippen LogP contribution in [0.1, 0.15) is 42.2 Å². The summed E-state index contributed by atoms with van der Waals surface area (Å²) in [5.41, 5.74) is -0.166. The highest BCUT2D eigenvalue weighted by molar-refractivity contribution is 5.93. The van der Waals surface area contributed by atoms with Crippen molar-refractivity contribution in [2.24, 2.45) is 11.3 Å². The first-order valence-electron chi connectivity index (χ1n) is 8.65. The van der Waals surface area contributed by atoms with Crippen molar-refractivity contribution in [2.75, 3.05) is 33.4 Å². The largest absolute Gasteiger partial charge is 0.381 e. The summed E-state index contributed by atoms with van der Waals surface area (Å²) in [6.45, 7) is 2.04. The minimum atomic E-state index is -0.535. The van der Waals surface area contributed by atoms with Crippen LogP contribution in [0, 0.1) is 11.3 Å². The molecule has 0 radical (unpaired) electrons. The van der Waals surface area contributed by atoms with Gasteiger partial charge in [-0.15, -0.1) is 5.10 Å². The van der Waals surface area contributed by atoms with Gasteiger partial charge >= 0.3 is 0 Å². The molecule has 2 atom stereocenters. The lowest BCUT2D eigenvalue weighted by Gasteiger charge is -2.36. The molecule has 0 spiro atoms. The molecule has 0 unspecified atom stereocenters. The normalized spacial score (nSPS) is 29.9. The Hall–Kier alpha value is -1.96. The highest BCUT2D eigenvalue weighted by Gasteiger charge is 2.54. The number of amides is 2. The molecule has 1 saturated carbocycles. The van der Waals surface area contributed by atoms with Gasteiger partial charge in [-0.3, -0.25) is 9.59 Å². The molecule has 3 aliphatic rings. The first kappa shape index (κ1) is 15.6. The first-order valence-corrected chi connectivity index (χ1v) is 8.65. The summed E-state index contributed by atoms with van der Waals surface area (Å²) in [5.74, 6) is -0.0979. The molecule has 0 bridgehead atoms. The van der Waals surface area contributed by atoms with Crippen LogP contribution in [0.5, 0.6) is 0 Å². The Kier molecular flexibility index (Phi) is 3.79. The number of carbonyl (C=O) groups is 2. The summed E-state index contributed by atoms with van der Waals surface area (Å²) < 4.78 is 7.35. The quantitative estimate of drug-likeness (QED) is 0.855. The number of nitrogens with one attached hydrogen (secondary N) is 1. The van der Waals surface area contributed by atoms with Gasteiger partial charge in [0.1, 0.15) is 0 Å². The zero-order valence-electron chi connectivity index (χ0n) is 13.9. The van der Waals surface area contributed by atoms with Crippen molar-refractivity contribution >= 4 is 11.8 Å². The molecule has 24 heavy (non-hydrogen) atoms. The molecule has 3 heterocycles. The van der Waals surface area contributed by atoms with Gasteiger partial charge in [-0.2, -0.15) is 0 Å². The molecule has 8 heteroatoms. The maximum atomic E-state index is 12.8. The molecule has 2 aliphatic heterocycles. The van der Waals surface area contributed by atoms with Gasteiger partial charge in [-0.05, 0) is 25.7 Å². The van der Waals surface area contributed by atoms with Crippen molar-refractivity contribution < 1.29 is 14.3 Å². The second-order valence-corrected chi connectivity index (χ2v) is 7.11. The summed E-state index contributed by atoms with van der Waals surface area (Å²) in [6.07, 6.45) is 5.79. The van der Waals surface area contributed by atoms with Crippen LogP contribution in [0.2, 0.25) is 0 Å². The summed E-state index contributed by atoms with van der Waals surface area (Å²) in [6, 6.07) is 0.380. The molecular formula is C16H23N5O3. The van der Waals surface area contributed by atoms with E-state index in [1.807, 2.05) is 0 Å². The van der Waals surface area contributed by atoms with Crippen LogP contribution >= 0.6 is 0 Å². The summed E-state index contributed by atoms with van der Waals surface area (Å²) in [7, 11) is 1.65. The fourth-order valence-electron chi connectivity index (χ4n) is 4.09. The van der Waals surface area contributed by atoms with E-state index in [-0.39, 0.29) is 17.7 Å². The molecule has 1 aliphatic carbocycles. The van der Waals surface area contributed by atoms with Crippen molar-refractivity contribution in [3.8, 4) is 0 Å².